The Labute approximate surface area is 115 Å². The maximum absolute atomic E-state index is 12.2. The van der Waals surface area contributed by atoms with Gasteiger partial charge in [0.2, 0.25) is 0 Å². The molecule has 4 nitrogen and oxygen atoms in total. The van der Waals surface area contributed by atoms with Gasteiger partial charge in [0.15, 0.2) is 9.84 Å². The van der Waals surface area contributed by atoms with E-state index < -0.39 is 27.5 Å². The first kappa shape index (κ1) is 16.8. The Hall–Kier alpha value is -1.28. The predicted molar refractivity (Wildman–Crippen MR) is 69.2 cm³/mol. The Morgan fingerprint density at radius 1 is 1.30 bits per heavy atom. The van der Waals surface area contributed by atoms with Crippen LogP contribution < -0.4 is 10.1 Å². The molecular formula is C12H16F3NO3S. The molecule has 0 radical (unpaired) electrons. The smallest absolute Gasteiger partial charge is 0.406 e. The molecule has 0 amide bonds. The first-order valence-corrected chi connectivity index (χ1v) is 7.72. The minimum Gasteiger partial charge on any atom is -0.406 e. The van der Waals surface area contributed by atoms with Crippen molar-refractivity contribution in [2.75, 3.05) is 13.3 Å². The molecule has 0 aliphatic rings. The van der Waals surface area contributed by atoms with Crippen LogP contribution in [0.25, 0.3) is 0 Å². The fraction of sp³-hybridized carbons (Fsp3) is 0.500. The summed E-state index contributed by atoms with van der Waals surface area (Å²) in [7, 11) is -1.79. The van der Waals surface area contributed by atoms with Crippen LogP contribution in [0.3, 0.4) is 0 Å². The molecule has 0 saturated carbocycles. The number of alkyl halides is 3. The lowest BCUT2D eigenvalue weighted by molar-refractivity contribution is -0.274. The number of nitrogens with one attached hydrogen (secondary N) is 1. The van der Waals surface area contributed by atoms with Crippen LogP contribution in [-0.2, 0) is 9.84 Å². The molecule has 114 valence electrons. The third-order valence-electron chi connectivity index (χ3n) is 2.91. The number of sulfone groups is 1. The van der Waals surface area contributed by atoms with Crippen LogP contribution in [0.5, 0.6) is 5.75 Å². The van der Waals surface area contributed by atoms with Crippen LogP contribution in [-0.4, -0.2) is 33.3 Å². The quantitative estimate of drug-likeness (QED) is 0.906. The molecule has 1 aromatic carbocycles. The van der Waals surface area contributed by atoms with Gasteiger partial charge in [-0.15, -0.1) is 13.2 Å². The molecule has 0 saturated heterocycles. The molecule has 0 aliphatic heterocycles. The molecule has 1 N–H and O–H groups in total. The van der Waals surface area contributed by atoms with Crippen LogP contribution in [0.1, 0.15) is 18.5 Å². The summed E-state index contributed by atoms with van der Waals surface area (Å²) in [6.45, 7) is 1.49. The molecule has 0 fully saturated rings. The number of benzene rings is 1. The van der Waals surface area contributed by atoms with Crippen molar-refractivity contribution in [3.8, 4) is 5.75 Å². The van der Waals surface area contributed by atoms with Gasteiger partial charge in [-0.25, -0.2) is 8.42 Å². The maximum Gasteiger partial charge on any atom is 0.573 e. The Balaban J connectivity index is 3.08. The van der Waals surface area contributed by atoms with Gasteiger partial charge in [-0.1, -0.05) is 12.1 Å². The van der Waals surface area contributed by atoms with Crippen molar-refractivity contribution >= 4 is 9.84 Å². The minimum atomic E-state index is -4.78. The Bertz CT molecular complexity index is 557. The minimum absolute atomic E-state index is 0.379. The van der Waals surface area contributed by atoms with E-state index >= 15 is 0 Å². The van der Waals surface area contributed by atoms with Crippen LogP contribution in [0.15, 0.2) is 24.3 Å². The van der Waals surface area contributed by atoms with E-state index in [0.717, 1.165) is 12.3 Å². The van der Waals surface area contributed by atoms with E-state index in [1.165, 1.54) is 19.1 Å². The zero-order chi connectivity index (χ0) is 15.6. The number of ether oxygens (including phenoxy) is 1. The Kier molecular flexibility index (Phi) is 5.04. The van der Waals surface area contributed by atoms with Crippen molar-refractivity contribution in [1.82, 2.24) is 5.32 Å². The van der Waals surface area contributed by atoms with Crippen molar-refractivity contribution in [2.45, 2.75) is 24.6 Å². The largest absolute Gasteiger partial charge is 0.573 e. The monoisotopic (exact) mass is 311 g/mol. The maximum atomic E-state index is 12.2. The SMILES string of the molecule is CNC(c1cccc(OC(F)(F)F)c1)C(C)S(C)(=O)=O. The molecule has 0 aliphatic carbocycles. The lowest BCUT2D eigenvalue weighted by Crippen LogP contribution is -2.33. The van der Waals surface area contributed by atoms with Gasteiger partial charge in [-0.2, -0.15) is 0 Å². The molecule has 1 aromatic rings. The van der Waals surface area contributed by atoms with Crippen molar-refractivity contribution in [3.05, 3.63) is 29.8 Å². The number of hydrogen-bond acceptors (Lipinski definition) is 4. The Morgan fingerprint density at radius 3 is 2.35 bits per heavy atom. The molecule has 0 bridgehead atoms. The summed E-state index contributed by atoms with van der Waals surface area (Å²) in [6, 6.07) is 4.65. The van der Waals surface area contributed by atoms with Crippen molar-refractivity contribution in [1.29, 1.82) is 0 Å². The van der Waals surface area contributed by atoms with Gasteiger partial charge in [-0.05, 0) is 31.7 Å². The van der Waals surface area contributed by atoms with E-state index in [2.05, 4.69) is 10.1 Å². The lowest BCUT2D eigenvalue weighted by atomic mass is 10.0. The lowest BCUT2D eigenvalue weighted by Gasteiger charge is -2.23. The molecular weight excluding hydrogens is 295 g/mol. The van der Waals surface area contributed by atoms with Crippen molar-refractivity contribution in [3.63, 3.8) is 0 Å². The van der Waals surface area contributed by atoms with E-state index in [1.807, 2.05) is 0 Å². The van der Waals surface area contributed by atoms with E-state index in [4.69, 9.17) is 0 Å². The molecule has 20 heavy (non-hydrogen) atoms. The second-order valence-electron chi connectivity index (χ2n) is 4.42. The summed E-state index contributed by atoms with van der Waals surface area (Å²) in [4.78, 5) is 0. The van der Waals surface area contributed by atoms with Crippen molar-refractivity contribution < 1.29 is 26.3 Å². The molecule has 0 heterocycles. The summed E-state index contributed by atoms with van der Waals surface area (Å²) in [6.07, 6.45) is -3.70. The third-order valence-corrected chi connectivity index (χ3v) is 4.53. The van der Waals surface area contributed by atoms with Gasteiger partial charge in [0.25, 0.3) is 0 Å². The summed E-state index contributed by atoms with van der Waals surface area (Å²) < 4.78 is 63.5. The second-order valence-corrected chi connectivity index (χ2v) is 6.82. The second kappa shape index (κ2) is 6.01. The van der Waals surface area contributed by atoms with Crippen LogP contribution in [0.4, 0.5) is 13.2 Å². The van der Waals surface area contributed by atoms with Crippen LogP contribution in [0, 0.1) is 0 Å². The summed E-state index contributed by atoms with van der Waals surface area (Å²) in [5, 5.41) is 2.02. The highest BCUT2D eigenvalue weighted by Gasteiger charge is 2.32. The molecule has 8 heteroatoms. The average molecular weight is 311 g/mol. The molecule has 1 rings (SSSR count). The Morgan fingerprint density at radius 2 is 1.90 bits per heavy atom. The predicted octanol–water partition coefficient (Wildman–Crippen LogP) is 2.28. The van der Waals surface area contributed by atoms with Gasteiger partial charge in [0, 0.05) is 12.3 Å². The van der Waals surface area contributed by atoms with E-state index in [9.17, 15) is 21.6 Å². The first-order valence-electron chi connectivity index (χ1n) is 5.76. The molecule has 2 atom stereocenters. The zero-order valence-electron chi connectivity index (χ0n) is 11.2. The van der Waals surface area contributed by atoms with E-state index in [1.54, 1.807) is 13.1 Å². The van der Waals surface area contributed by atoms with Gasteiger partial charge >= 0.3 is 6.36 Å². The fourth-order valence-corrected chi connectivity index (χ4v) is 2.61. The molecule has 0 aromatic heterocycles. The normalized spacial score (nSPS) is 15.7. The third kappa shape index (κ3) is 4.68. The summed E-state index contributed by atoms with van der Waals surface area (Å²) in [5.41, 5.74) is 0.409. The molecule has 0 spiro atoms. The fourth-order valence-electron chi connectivity index (χ4n) is 1.82. The highest BCUT2D eigenvalue weighted by molar-refractivity contribution is 7.91. The van der Waals surface area contributed by atoms with Crippen LogP contribution in [0.2, 0.25) is 0 Å². The van der Waals surface area contributed by atoms with E-state index in [-0.39, 0.29) is 5.75 Å². The summed E-state index contributed by atoms with van der Waals surface area (Å²) >= 11 is 0. The summed E-state index contributed by atoms with van der Waals surface area (Å²) in [5.74, 6) is -0.379. The van der Waals surface area contributed by atoms with E-state index in [0.29, 0.717) is 5.56 Å². The standard InChI is InChI=1S/C12H16F3NO3S/c1-8(20(3,17)18)11(16-2)9-5-4-6-10(7-9)19-12(13,14)15/h4-8,11,16H,1-3H3. The van der Waals surface area contributed by atoms with Gasteiger partial charge in [-0.3, -0.25) is 0 Å². The first-order chi connectivity index (χ1) is 9.04. The van der Waals surface area contributed by atoms with Crippen LogP contribution >= 0.6 is 0 Å². The van der Waals surface area contributed by atoms with Gasteiger partial charge in [0.05, 0.1) is 5.25 Å². The van der Waals surface area contributed by atoms with Gasteiger partial charge in [0.1, 0.15) is 5.75 Å². The highest BCUT2D eigenvalue weighted by atomic mass is 32.2. The average Bonchev–Trinajstić information content (AvgIpc) is 2.26. The topological polar surface area (TPSA) is 55.4 Å². The number of hydrogen-bond donors (Lipinski definition) is 1. The number of rotatable bonds is 5. The van der Waals surface area contributed by atoms with Crippen molar-refractivity contribution in [2.24, 2.45) is 0 Å². The van der Waals surface area contributed by atoms with Gasteiger partial charge < -0.3 is 10.1 Å². The molecule has 2 unspecified atom stereocenters. The highest BCUT2D eigenvalue weighted by Crippen LogP contribution is 2.28. The zero-order valence-corrected chi connectivity index (χ0v) is 12.0. The number of halogens is 3.